The Morgan fingerprint density at radius 2 is 1.97 bits per heavy atom. The Morgan fingerprint density at radius 1 is 1.12 bits per heavy atom. The number of thioether (sulfide) groups is 1. The van der Waals surface area contributed by atoms with Gasteiger partial charge in [-0.3, -0.25) is 9.36 Å². The second-order valence-corrected chi connectivity index (χ2v) is 9.33. The second kappa shape index (κ2) is 11.7. The highest BCUT2D eigenvalue weighted by Crippen LogP contribution is 2.27. The Bertz CT molecular complexity index is 1180. The van der Waals surface area contributed by atoms with Crippen molar-refractivity contribution in [3.8, 4) is 11.4 Å². The summed E-state index contributed by atoms with van der Waals surface area (Å²) in [6.45, 7) is 2.72. The van der Waals surface area contributed by atoms with Crippen molar-refractivity contribution in [1.29, 1.82) is 0 Å². The summed E-state index contributed by atoms with van der Waals surface area (Å²) in [6.07, 6.45) is 10.4. The Balaban J connectivity index is 1.41. The fourth-order valence-electron chi connectivity index (χ4n) is 3.88. The summed E-state index contributed by atoms with van der Waals surface area (Å²) in [4.78, 5) is 12.5. The monoisotopic (exact) mass is 474 g/mol. The molecule has 4 rings (SSSR count). The first-order chi connectivity index (χ1) is 16.6. The van der Waals surface area contributed by atoms with E-state index in [0.717, 1.165) is 41.7 Å². The van der Waals surface area contributed by atoms with Gasteiger partial charge in [0.15, 0.2) is 5.16 Å². The van der Waals surface area contributed by atoms with Crippen LogP contribution in [0.2, 0.25) is 0 Å². The minimum atomic E-state index is 0.00890. The molecular weight excluding hydrogens is 444 g/mol. The Labute approximate surface area is 204 Å². The van der Waals surface area contributed by atoms with Crippen LogP contribution in [0.5, 0.6) is 5.75 Å². The molecule has 1 aliphatic carbocycles. The van der Waals surface area contributed by atoms with Gasteiger partial charge in [-0.2, -0.15) is 0 Å². The van der Waals surface area contributed by atoms with E-state index in [1.54, 1.807) is 23.9 Å². The third-order valence-corrected chi connectivity index (χ3v) is 6.64. The average Bonchev–Trinajstić information content (AvgIpc) is 3.25. The number of rotatable bonds is 10. The Morgan fingerprint density at radius 3 is 2.74 bits per heavy atom. The molecule has 1 heterocycles. The van der Waals surface area contributed by atoms with Gasteiger partial charge < -0.3 is 10.4 Å². The molecule has 1 aliphatic rings. The topological polar surface area (TPSA) is 80.0 Å². The molecule has 0 saturated heterocycles. The van der Waals surface area contributed by atoms with E-state index in [0.29, 0.717) is 19.4 Å². The molecule has 1 aromatic heterocycles. The number of aryl methyl sites for hydroxylation is 2. The van der Waals surface area contributed by atoms with Crippen LogP contribution in [0.4, 0.5) is 0 Å². The summed E-state index contributed by atoms with van der Waals surface area (Å²) in [5.74, 6) is 1.71. The molecule has 0 bridgehead atoms. The van der Waals surface area contributed by atoms with Gasteiger partial charge >= 0.3 is 0 Å². The lowest BCUT2D eigenvalue weighted by Gasteiger charge is -2.11. The van der Waals surface area contributed by atoms with Crippen LogP contribution in [0.15, 0.2) is 77.5 Å². The third kappa shape index (κ3) is 6.60. The van der Waals surface area contributed by atoms with E-state index in [1.165, 1.54) is 16.7 Å². The maximum absolute atomic E-state index is 12.5. The molecule has 0 saturated carbocycles. The van der Waals surface area contributed by atoms with Gasteiger partial charge in [0.1, 0.15) is 11.6 Å². The van der Waals surface area contributed by atoms with Crippen LogP contribution >= 0.6 is 11.8 Å². The van der Waals surface area contributed by atoms with E-state index in [4.69, 9.17) is 0 Å². The quantitative estimate of drug-likeness (QED) is 0.390. The number of carbonyl (C=O) groups is 1. The average molecular weight is 475 g/mol. The molecule has 7 heteroatoms. The number of carbonyl (C=O) groups excluding carboxylic acids is 1. The number of nitrogens with zero attached hydrogens (tertiary/aromatic N) is 3. The van der Waals surface area contributed by atoms with Crippen molar-refractivity contribution in [2.45, 2.75) is 49.9 Å². The van der Waals surface area contributed by atoms with Gasteiger partial charge in [0.2, 0.25) is 5.91 Å². The summed E-state index contributed by atoms with van der Waals surface area (Å²) in [5, 5.41) is 22.3. The number of phenols is 1. The lowest BCUT2D eigenvalue weighted by Crippen LogP contribution is -2.25. The number of amides is 1. The smallest absolute Gasteiger partial charge is 0.220 e. The second-order valence-electron chi connectivity index (χ2n) is 8.39. The van der Waals surface area contributed by atoms with Gasteiger partial charge in [0, 0.05) is 30.8 Å². The first kappa shape index (κ1) is 23.8. The Kier molecular flexibility index (Phi) is 8.20. The number of aromatic hydroxyl groups is 1. The molecule has 6 nitrogen and oxygen atoms in total. The molecule has 34 heavy (non-hydrogen) atoms. The summed E-state index contributed by atoms with van der Waals surface area (Å²) in [5.41, 5.74) is 4.59. The number of benzene rings is 2. The number of phenolic OH excluding ortho intramolecular Hbond substituents is 1. The van der Waals surface area contributed by atoms with Crippen molar-refractivity contribution < 1.29 is 9.90 Å². The van der Waals surface area contributed by atoms with E-state index in [1.807, 2.05) is 16.7 Å². The van der Waals surface area contributed by atoms with Crippen LogP contribution in [-0.2, 0) is 17.0 Å². The predicted octanol–water partition coefficient (Wildman–Crippen LogP) is 5.29. The van der Waals surface area contributed by atoms with Crippen molar-refractivity contribution in [3.63, 3.8) is 0 Å². The highest BCUT2D eigenvalue weighted by Gasteiger charge is 2.16. The minimum Gasteiger partial charge on any atom is -0.508 e. The van der Waals surface area contributed by atoms with E-state index >= 15 is 0 Å². The molecule has 0 radical (unpaired) electrons. The van der Waals surface area contributed by atoms with E-state index < -0.39 is 0 Å². The maximum atomic E-state index is 12.5. The first-order valence-electron chi connectivity index (χ1n) is 11.6. The molecule has 0 atom stereocenters. The molecule has 176 valence electrons. The maximum Gasteiger partial charge on any atom is 0.220 e. The molecule has 2 N–H and O–H groups in total. The van der Waals surface area contributed by atoms with Crippen molar-refractivity contribution in [3.05, 3.63) is 89.3 Å². The highest BCUT2D eigenvalue weighted by atomic mass is 32.2. The highest BCUT2D eigenvalue weighted by molar-refractivity contribution is 7.98. The third-order valence-electron chi connectivity index (χ3n) is 5.64. The summed E-state index contributed by atoms with van der Waals surface area (Å²) >= 11 is 1.61. The zero-order valence-corrected chi connectivity index (χ0v) is 20.2. The van der Waals surface area contributed by atoms with Crippen LogP contribution in [-0.4, -0.2) is 32.3 Å². The molecule has 0 aliphatic heterocycles. The van der Waals surface area contributed by atoms with Crippen molar-refractivity contribution in [2.24, 2.45) is 0 Å². The van der Waals surface area contributed by atoms with Crippen LogP contribution in [0.25, 0.3) is 5.69 Å². The standard InChI is InChI=1S/C27H30N4O2S/c1-20-6-5-9-22(18-20)19-34-27-30-29-25(31(27)23-10-12-24(32)13-11-23)14-15-26(33)28-17-16-21-7-3-2-4-8-21/h3,5-13,18,32H,2,4,14-17,19H2,1H3,(H,28,33). The number of aromatic nitrogens is 3. The van der Waals surface area contributed by atoms with Gasteiger partial charge in [-0.25, -0.2) is 0 Å². The Hall–Kier alpha value is -3.32. The van der Waals surface area contributed by atoms with Crippen molar-refractivity contribution in [1.82, 2.24) is 20.1 Å². The SMILES string of the molecule is Cc1cccc(CSc2nnc(CCC(=O)NCCC3=CCCC=C3)n2-c2ccc(O)cc2)c1. The molecule has 0 fully saturated rings. The van der Waals surface area contributed by atoms with E-state index in [2.05, 4.69) is 64.9 Å². The normalized spacial score (nSPS) is 13.0. The molecule has 0 unspecified atom stereocenters. The predicted molar refractivity (Wildman–Crippen MR) is 136 cm³/mol. The molecule has 3 aromatic rings. The van der Waals surface area contributed by atoms with Crippen LogP contribution in [0.3, 0.4) is 0 Å². The summed E-state index contributed by atoms with van der Waals surface area (Å²) in [6, 6.07) is 15.4. The summed E-state index contributed by atoms with van der Waals surface area (Å²) < 4.78 is 1.98. The first-order valence-corrected chi connectivity index (χ1v) is 12.6. The zero-order chi connectivity index (χ0) is 23.8. The van der Waals surface area contributed by atoms with E-state index in [9.17, 15) is 9.90 Å². The minimum absolute atomic E-state index is 0.00890. The van der Waals surface area contributed by atoms with Crippen molar-refractivity contribution >= 4 is 17.7 Å². The van der Waals surface area contributed by atoms with Gasteiger partial charge in [-0.05, 0) is 56.0 Å². The lowest BCUT2D eigenvalue weighted by atomic mass is 10.0. The number of nitrogens with one attached hydrogen (secondary N) is 1. The van der Waals surface area contributed by atoms with Gasteiger partial charge in [-0.1, -0.05) is 65.4 Å². The zero-order valence-electron chi connectivity index (χ0n) is 19.4. The van der Waals surface area contributed by atoms with Crippen LogP contribution in [0.1, 0.15) is 42.6 Å². The number of hydrogen-bond acceptors (Lipinski definition) is 5. The molecule has 0 spiro atoms. The molecule has 1 amide bonds. The fraction of sp³-hybridized carbons (Fsp3) is 0.296. The summed E-state index contributed by atoms with van der Waals surface area (Å²) in [7, 11) is 0. The van der Waals surface area contributed by atoms with Crippen molar-refractivity contribution in [2.75, 3.05) is 6.54 Å². The molecular formula is C27H30N4O2S. The number of hydrogen-bond donors (Lipinski definition) is 2. The molecule has 2 aromatic carbocycles. The van der Waals surface area contributed by atoms with Crippen LogP contribution in [0, 0.1) is 6.92 Å². The van der Waals surface area contributed by atoms with Gasteiger partial charge in [0.25, 0.3) is 0 Å². The number of allylic oxidation sites excluding steroid dienone is 3. The lowest BCUT2D eigenvalue weighted by molar-refractivity contribution is -0.121. The van der Waals surface area contributed by atoms with E-state index in [-0.39, 0.29) is 11.7 Å². The largest absolute Gasteiger partial charge is 0.508 e. The van der Waals surface area contributed by atoms with Gasteiger partial charge in [-0.15, -0.1) is 10.2 Å². The fourth-order valence-corrected chi connectivity index (χ4v) is 4.79. The van der Waals surface area contributed by atoms with Gasteiger partial charge in [0.05, 0.1) is 0 Å². The van der Waals surface area contributed by atoms with Crippen LogP contribution < -0.4 is 5.32 Å².